The molecule has 1 atom stereocenters. The van der Waals surface area contributed by atoms with Crippen molar-refractivity contribution < 1.29 is 87.3 Å². The van der Waals surface area contributed by atoms with Gasteiger partial charge in [-0.2, -0.15) is 0 Å². The van der Waals surface area contributed by atoms with Crippen molar-refractivity contribution in [3.63, 3.8) is 0 Å². The molecule has 0 aromatic carbocycles. The van der Waals surface area contributed by atoms with E-state index in [2.05, 4.69) is 6.92 Å². The summed E-state index contributed by atoms with van der Waals surface area (Å²) in [5, 5.41) is 27.5. The molecular weight excluding hydrogens is 511 g/mol. The number of carboxylic acid groups (broad SMARTS) is 2. The van der Waals surface area contributed by atoms with Crippen LogP contribution in [0.2, 0.25) is 0 Å². The number of carboxylic acids is 2. The molecule has 0 saturated heterocycles. The molecule has 8 heteroatoms. The Balaban J connectivity index is -0.00000648. The maximum atomic E-state index is 11.7. The van der Waals surface area contributed by atoms with Gasteiger partial charge in [-0.25, -0.2) is 4.79 Å². The fourth-order valence-electron chi connectivity index (χ4n) is 4.65. The van der Waals surface area contributed by atoms with Crippen LogP contribution < -0.4 is 51.4 Å². The van der Waals surface area contributed by atoms with Crippen LogP contribution in [0.25, 0.3) is 0 Å². The van der Waals surface area contributed by atoms with E-state index in [0.29, 0.717) is 6.42 Å². The molecule has 0 rings (SSSR count). The maximum Gasteiger partial charge on any atom is 1.00 e. The van der Waals surface area contributed by atoms with Gasteiger partial charge in [0, 0.05) is 0 Å². The molecule has 1 unspecified atom stereocenters. The summed E-state index contributed by atoms with van der Waals surface area (Å²) >= 11 is 0. The molecule has 38 heavy (non-hydrogen) atoms. The summed E-state index contributed by atoms with van der Waals surface area (Å²) in [5.41, 5.74) is -2.63. The third-order valence-electron chi connectivity index (χ3n) is 7.04. The summed E-state index contributed by atoms with van der Waals surface area (Å²) in [4.78, 5) is 33.5. The Bertz CT molecular complexity index is 592. The minimum atomic E-state index is -2.63. The zero-order chi connectivity index (χ0) is 27.6. The van der Waals surface area contributed by atoms with E-state index in [1.54, 1.807) is 0 Å². The maximum absolute atomic E-state index is 11.7. The quantitative estimate of drug-likeness (QED) is 0.0695. The van der Waals surface area contributed by atoms with Crippen molar-refractivity contribution in [1.29, 1.82) is 0 Å². The van der Waals surface area contributed by atoms with Gasteiger partial charge in [0.1, 0.15) is 0 Å². The Kier molecular flexibility index (Phi) is 30.1. The van der Waals surface area contributed by atoms with Gasteiger partial charge in [-0.15, -0.1) is 0 Å². The molecular formula is C30H57KO7. The zero-order valence-corrected chi connectivity index (χ0v) is 27.8. The van der Waals surface area contributed by atoms with Gasteiger partial charge < -0.3 is 21.5 Å². The molecule has 0 heterocycles. The second-order valence-electron chi connectivity index (χ2n) is 10.7. The average Bonchev–Trinajstić information content (AvgIpc) is 2.83. The Labute approximate surface area is 276 Å². The molecule has 220 valence electrons. The van der Waals surface area contributed by atoms with E-state index < -0.39 is 36.4 Å². The van der Waals surface area contributed by atoms with Gasteiger partial charge >= 0.3 is 69.3 Å². The first-order valence-electron chi connectivity index (χ1n) is 15.1. The van der Waals surface area contributed by atoms with Crippen molar-refractivity contribution in [1.82, 2.24) is 0 Å². The van der Waals surface area contributed by atoms with Crippen LogP contribution in [0.1, 0.15) is 162 Å². The first-order valence-corrected chi connectivity index (χ1v) is 15.1. The van der Waals surface area contributed by atoms with E-state index in [9.17, 15) is 19.5 Å². The Hall–Kier alpha value is 0.00636. The third-order valence-corrected chi connectivity index (χ3v) is 7.04. The Morgan fingerprint density at radius 3 is 1.18 bits per heavy atom. The van der Waals surface area contributed by atoms with Gasteiger partial charge in [0.05, 0.1) is 19.4 Å². The average molecular weight is 569 g/mol. The van der Waals surface area contributed by atoms with Crippen LogP contribution in [0.4, 0.5) is 0 Å². The van der Waals surface area contributed by atoms with Crippen LogP contribution in [0.15, 0.2) is 0 Å². The van der Waals surface area contributed by atoms with Crippen molar-refractivity contribution in [3.05, 3.63) is 0 Å². The van der Waals surface area contributed by atoms with Crippen LogP contribution >= 0.6 is 0 Å². The molecule has 0 amide bonds. The van der Waals surface area contributed by atoms with Crippen LogP contribution in [0.5, 0.6) is 0 Å². The van der Waals surface area contributed by atoms with E-state index in [1.165, 1.54) is 116 Å². The van der Waals surface area contributed by atoms with Crippen LogP contribution in [0, 0.1) is 0 Å². The number of rotatable bonds is 28. The smallest absolute Gasteiger partial charge is 1.00 e. The van der Waals surface area contributed by atoms with Crippen LogP contribution in [-0.2, 0) is 19.1 Å². The van der Waals surface area contributed by atoms with Gasteiger partial charge in [0.2, 0.25) is 0 Å². The second-order valence-corrected chi connectivity index (χ2v) is 10.7. The number of unbranched alkanes of at least 4 members (excludes halogenated alkanes) is 21. The fraction of sp³-hybridized carbons (Fsp3) is 0.900. The topological polar surface area (TPSA) is 121 Å². The van der Waals surface area contributed by atoms with Crippen LogP contribution in [0.3, 0.4) is 0 Å². The molecule has 0 bridgehead atoms. The van der Waals surface area contributed by atoms with Crippen LogP contribution in [-0.4, -0.2) is 45.4 Å². The molecule has 0 aromatic heterocycles. The molecule has 7 nitrogen and oxygen atoms in total. The van der Waals surface area contributed by atoms with E-state index in [4.69, 9.17) is 14.9 Å². The van der Waals surface area contributed by atoms with E-state index in [-0.39, 0.29) is 59.4 Å². The summed E-state index contributed by atoms with van der Waals surface area (Å²) in [7, 11) is 0. The van der Waals surface area contributed by atoms with Gasteiger partial charge in [0.25, 0.3) is 0 Å². The molecule has 0 fully saturated rings. The number of carbonyl (C=O) groups is 3. The third kappa shape index (κ3) is 26.2. The van der Waals surface area contributed by atoms with Gasteiger partial charge in [-0.05, 0) is 6.42 Å². The number of aliphatic carboxylic acids is 2. The molecule has 0 spiro atoms. The number of carbonyl (C=O) groups excluding carboxylic acids is 1. The molecule has 0 aliphatic heterocycles. The molecule has 3 N–H and O–H groups in total. The van der Waals surface area contributed by atoms with Gasteiger partial charge in [-0.1, -0.05) is 142 Å². The van der Waals surface area contributed by atoms with Crippen molar-refractivity contribution in [2.24, 2.45) is 0 Å². The summed E-state index contributed by atoms with van der Waals surface area (Å²) < 4.78 is 4.96. The van der Waals surface area contributed by atoms with Crippen molar-refractivity contribution in [2.75, 3.05) is 6.61 Å². The predicted octanol–water partition coefficient (Wildman–Crippen LogP) is 4.93. The summed E-state index contributed by atoms with van der Waals surface area (Å²) in [6.45, 7) is 2.43. The zero-order valence-electron chi connectivity index (χ0n) is 25.7. The fourth-order valence-corrected chi connectivity index (χ4v) is 4.65. The summed E-state index contributed by atoms with van der Waals surface area (Å²) in [6.07, 6.45) is 26.7. The minimum absolute atomic E-state index is 0. The molecule has 0 aliphatic carbocycles. The number of hydrogen-bond acceptors (Lipinski definition) is 5. The minimum Gasteiger partial charge on any atom is -1.00 e. The molecule has 0 aliphatic rings. The summed E-state index contributed by atoms with van der Waals surface area (Å²) in [5.74, 6) is -4.12. The van der Waals surface area contributed by atoms with E-state index in [0.717, 1.165) is 19.3 Å². The van der Waals surface area contributed by atoms with Crippen molar-refractivity contribution >= 4 is 17.9 Å². The number of hydrogen-bond donors (Lipinski definition) is 3. The number of ether oxygens (including phenoxy) is 1. The van der Waals surface area contributed by atoms with Crippen molar-refractivity contribution in [2.45, 2.75) is 167 Å². The first kappa shape index (κ1) is 40.1. The van der Waals surface area contributed by atoms with E-state index >= 15 is 0 Å². The normalized spacial score (nSPS) is 12.5. The Morgan fingerprint density at radius 1 is 0.579 bits per heavy atom. The molecule has 0 saturated carbocycles. The summed E-state index contributed by atoms with van der Waals surface area (Å²) in [6, 6.07) is 0. The molecule has 0 radical (unpaired) electrons. The van der Waals surface area contributed by atoms with Gasteiger partial charge in [-0.3, -0.25) is 9.59 Å². The monoisotopic (exact) mass is 568 g/mol. The largest absolute Gasteiger partial charge is 1.00 e. The second kappa shape index (κ2) is 28.5. The number of aliphatic hydroxyl groups is 1. The van der Waals surface area contributed by atoms with Crippen molar-refractivity contribution in [3.8, 4) is 0 Å². The Morgan fingerprint density at radius 2 is 0.895 bits per heavy atom. The van der Waals surface area contributed by atoms with E-state index in [1.807, 2.05) is 0 Å². The SMILES string of the molecule is CCCCCCCCCCCCCCCCCCCCCCCCOC(=O)CC(O)(CC(=O)O)C(=O)O.[H-].[K+]. The standard InChI is InChI=1S/C30H56O7.K.H/c1-2-3-4-5-6-7-8-9-10-11-12-13-14-15-16-17-18-19-20-21-22-23-24-37-28(33)26-30(36,29(34)35)25-27(31)32;;/h36H,2-26H2,1H3,(H,31,32)(H,34,35);;/q;+1;-1. The number of esters is 1. The van der Waals surface area contributed by atoms with Gasteiger partial charge in [0.15, 0.2) is 5.60 Å². The first-order chi connectivity index (χ1) is 17.8. The molecule has 0 aromatic rings. The predicted molar refractivity (Wildman–Crippen MR) is 149 cm³/mol.